The van der Waals surface area contributed by atoms with Gasteiger partial charge in [-0.25, -0.2) is 0 Å². The zero-order chi connectivity index (χ0) is 13.4. The van der Waals surface area contributed by atoms with Crippen molar-refractivity contribution in [3.05, 3.63) is 29.8 Å². The maximum absolute atomic E-state index is 5.83. The third-order valence-electron chi connectivity index (χ3n) is 2.96. The number of halogens is 2. The summed E-state index contributed by atoms with van der Waals surface area (Å²) >= 11 is 11.7. The SMILES string of the molecule is CCOc1ccc(C(C)N(CCCl)CCCl)cc1. The first-order valence-electron chi connectivity index (χ1n) is 6.31. The summed E-state index contributed by atoms with van der Waals surface area (Å²) < 4.78 is 5.44. The van der Waals surface area contributed by atoms with E-state index in [9.17, 15) is 0 Å². The lowest BCUT2D eigenvalue weighted by molar-refractivity contribution is 0.237. The first-order chi connectivity index (χ1) is 8.72. The molecule has 0 aliphatic rings. The summed E-state index contributed by atoms with van der Waals surface area (Å²) in [4.78, 5) is 2.29. The molecule has 1 aromatic carbocycles. The molecule has 0 spiro atoms. The van der Waals surface area contributed by atoms with E-state index in [2.05, 4.69) is 24.0 Å². The van der Waals surface area contributed by atoms with Gasteiger partial charge < -0.3 is 4.74 Å². The molecule has 2 nitrogen and oxygen atoms in total. The lowest BCUT2D eigenvalue weighted by atomic mass is 10.1. The summed E-state index contributed by atoms with van der Waals surface area (Å²) in [7, 11) is 0. The fourth-order valence-corrected chi connectivity index (χ4v) is 2.37. The Morgan fingerprint density at radius 2 is 1.67 bits per heavy atom. The number of rotatable bonds is 8. The van der Waals surface area contributed by atoms with Crippen molar-refractivity contribution in [1.29, 1.82) is 0 Å². The smallest absolute Gasteiger partial charge is 0.119 e. The number of hydrogen-bond donors (Lipinski definition) is 0. The van der Waals surface area contributed by atoms with Crippen LogP contribution in [0.5, 0.6) is 5.75 Å². The molecule has 1 aromatic rings. The second-order valence-electron chi connectivity index (χ2n) is 4.09. The van der Waals surface area contributed by atoms with E-state index in [0.29, 0.717) is 24.4 Å². The molecule has 0 aliphatic carbocycles. The van der Waals surface area contributed by atoms with Crippen molar-refractivity contribution >= 4 is 23.2 Å². The number of nitrogens with zero attached hydrogens (tertiary/aromatic N) is 1. The lowest BCUT2D eigenvalue weighted by Gasteiger charge is -2.28. The molecule has 0 heterocycles. The molecule has 1 unspecified atom stereocenters. The van der Waals surface area contributed by atoms with Crippen LogP contribution in [0.2, 0.25) is 0 Å². The van der Waals surface area contributed by atoms with E-state index >= 15 is 0 Å². The van der Waals surface area contributed by atoms with Crippen LogP contribution in [0.15, 0.2) is 24.3 Å². The molecule has 0 amide bonds. The second kappa shape index (κ2) is 8.63. The van der Waals surface area contributed by atoms with E-state index in [1.807, 2.05) is 19.1 Å². The predicted octanol–water partition coefficient (Wildman–Crippen LogP) is 3.93. The molecule has 0 N–H and O–H groups in total. The molecule has 4 heteroatoms. The maximum atomic E-state index is 5.83. The Hall–Kier alpha value is -0.440. The van der Waals surface area contributed by atoms with Crippen LogP contribution >= 0.6 is 23.2 Å². The fraction of sp³-hybridized carbons (Fsp3) is 0.571. The maximum Gasteiger partial charge on any atom is 0.119 e. The van der Waals surface area contributed by atoms with E-state index in [1.165, 1.54) is 5.56 Å². The van der Waals surface area contributed by atoms with Crippen molar-refractivity contribution in [2.45, 2.75) is 19.9 Å². The molecule has 1 atom stereocenters. The molecule has 1 rings (SSSR count). The summed E-state index contributed by atoms with van der Waals surface area (Å²) in [5, 5.41) is 0. The molecule has 0 aromatic heterocycles. The highest BCUT2D eigenvalue weighted by Gasteiger charge is 2.14. The third kappa shape index (κ3) is 4.68. The van der Waals surface area contributed by atoms with Crippen LogP contribution in [0, 0.1) is 0 Å². The van der Waals surface area contributed by atoms with Gasteiger partial charge in [0.1, 0.15) is 5.75 Å². The predicted molar refractivity (Wildman–Crippen MR) is 79.0 cm³/mol. The van der Waals surface area contributed by atoms with E-state index in [-0.39, 0.29) is 0 Å². The Labute approximate surface area is 120 Å². The van der Waals surface area contributed by atoms with Gasteiger partial charge in [-0.2, -0.15) is 0 Å². The Morgan fingerprint density at radius 1 is 1.11 bits per heavy atom. The van der Waals surface area contributed by atoms with Crippen LogP contribution in [-0.4, -0.2) is 36.4 Å². The Balaban J connectivity index is 2.70. The summed E-state index contributed by atoms with van der Waals surface area (Å²) in [5.74, 6) is 2.16. The molecule has 0 bridgehead atoms. The molecule has 0 saturated carbocycles. The van der Waals surface area contributed by atoms with E-state index in [0.717, 1.165) is 18.8 Å². The Kier molecular flexibility index (Phi) is 7.48. The minimum atomic E-state index is 0.318. The topological polar surface area (TPSA) is 12.5 Å². The zero-order valence-electron chi connectivity index (χ0n) is 11.0. The van der Waals surface area contributed by atoms with Gasteiger partial charge in [-0.05, 0) is 31.5 Å². The number of ether oxygens (including phenoxy) is 1. The van der Waals surface area contributed by atoms with Crippen molar-refractivity contribution in [2.75, 3.05) is 31.5 Å². The highest BCUT2D eigenvalue weighted by Crippen LogP contribution is 2.22. The van der Waals surface area contributed by atoms with Gasteiger partial charge in [0.05, 0.1) is 6.61 Å². The van der Waals surface area contributed by atoms with Crippen molar-refractivity contribution in [3.63, 3.8) is 0 Å². The molecule has 0 radical (unpaired) electrons. The van der Waals surface area contributed by atoms with Gasteiger partial charge in [0.2, 0.25) is 0 Å². The molecular formula is C14H21Cl2NO. The largest absolute Gasteiger partial charge is 0.494 e. The number of benzene rings is 1. The average molecular weight is 290 g/mol. The van der Waals surface area contributed by atoms with Gasteiger partial charge in [-0.1, -0.05) is 12.1 Å². The zero-order valence-corrected chi connectivity index (χ0v) is 12.5. The first kappa shape index (κ1) is 15.6. The Morgan fingerprint density at radius 3 is 2.11 bits per heavy atom. The van der Waals surface area contributed by atoms with Gasteiger partial charge >= 0.3 is 0 Å². The number of alkyl halides is 2. The van der Waals surface area contributed by atoms with Gasteiger partial charge in [-0.15, -0.1) is 23.2 Å². The molecular weight excluding hydrogens is 269 g/mol. The second-order valence-corrected chi connectivity index (χ2v) is 4.85. The minimum absolute atomic E-state index is 0.318. The van der Waals surface area contributed by atoms with Crippen molar-refractivity contribution < 1.29 is 4.74 Å². The van der Waals surface area contributed by atoms with Gasteiger partial charge in [0.15, 0.2) is 0 Å². The monoisotopic (exact) mass is 289 g/mol. The highest BCUT2D eigenvalue weighted by atomic mass is 35.5. The number of hydrogen-bond acceptors (Lipinski definition) is 2. The molecule has 0 saturated heterocycles. The van der Waals surface area contributed by atoms with Gasteiger partial charge in [0.25, 0.3) is 0 Å². The normalized spacial score (nSPS) is 12.7. The molecule has 18 heavy (non-hydrogen) atoms. The Bertz CT molecular complexity index is 323. The minimum Gasteiger partial charge on any atom is -0.494 e. The third-order valence-corrected chi connectivity index (χ3v) is 3.30. The van der Waals surface area contributed by atoms with Crippen molar-refractivity contribution in [3.8, 4) is 5.75 Å². The van der Waals surface area contributed by atoms with E-state index in [4.69, 9.17) is 27.9 Å². The molecule has 0 aliphatic heterocycles. The van der Waals surface area contributed by atoms with Crippen molar-refractivity contribution in [2.24, 2.45) is 0 Å². The quantitative estimate of drug-likeness (QED) is 0.673. The van der Waals surface area contributed by atoms with Crippen LogP contribution in [0.3, 0.4) is 0 Å². The highest BCUT2D eigenvalue weighted by molar-refractivity contribution is 6.18. The fourth-order valence-electron chi connectivity index (χ4n) is 1.94. The van der Waals surface area contributed by atoms with Gasteiger partial charge in [-0.3, -0.25) is 4.90 Å². The summed E-state index contributed by atoms with van der Waals surface area (Å²) in [6.45, 7) is 6.55. The lowest BCUT2D eigenvalue weighted by Crippen LogP contribution is -2.30. The van der Waals surface area contributed by atoms with Crippen LogP contribution in [0.4, 0.5) is 0 Å². The average Bonchev–Trinajstić information content (AvgIpc) is 2.39. The summed E-state index contributed by atoms with van der Waals surface area (Å²) in [5.41, 5.74) is 1.26. The summed E-state index contributed by atoms with van der Waals surface area (Å²) in [6.07, 6.45) is 0. The first-order valence-corrected chi connectivity index (χ1v) is 7.38. The van der Waals surface area contributed by atoms with Crippen LogP contribution in [-0.2, 0) is 0 Å². The van der Waals surface area contributed by atoms with Crippen LogP contribution in [0.1, 0.15) is 25.5 Å². The molecule has 0 fully saturated rings. The molecule has 102 valence electrons. The van der Waals surface area contributed by atoms with E-state index < -0.39 is 0 Å². The van der Waals surface area contributed by atoms with Gasteiger partial charge in [0, 0.05) is 30.9 Å². The van der Waals surface area contributed by atoms with Crippen LogP contribution in [0.25, 0.3) is 0 Å². The summed E-state index contributed by atoms with van der Waals surface area (Å²) in [6, 6.07) is 8.54. The van der Waals surface area contributed by atoms with E-state index in [1.54, 1.807) is 0 Å². The van der Waals surface area contributed by atoms with Crippen LogP contribution < -0.4 is 4.74 Å². The standard InChI is InChI=1S/C14H21Cl2NO/c1-3-18-14-6-4-13(5-7-14)12(2)17(10-8-15)11-9-16/h4-7,12H,3,8-11H2,1-2H3. The van der Waals surface area contributed by atoms with Crippen molar-refractivity contribution in [1.82, 2.24) is 4.90 Å².